The van der Waals surface area contributed by atoms with Crippen LogP contribution in [0.25, 0.3) is 22.2 Å². The predicted molar refractivity (Wildman–Crippen MR) is 119 cm³/mol. The van der Waals surface area contributed by atoms with Crippen molar-refractivity contribution in [3.8, 4) is 11.3 Å². The highest BCUT2D eigenvalue weighted by atomic mass is 19.1. The van der Waals surface area contributed by atoms with Crippen LogP contribution in [0, 0.1) is 5.82 Å². The molecule has 0 radical (unpaired) electrons. The fourth-order valence-corrected chi connectivity index (χ4v) is 4.10. The highest BCUT2D eigenvalue weighted by Crippen LogP contribution is 2.43. The molecule has 0 saturated heterocycles. The standard InChI is InChI=1S/C22H21FN8O/c23-15-3-1-10-25-19(15)22(8-2-9-22)12-26-18-7-6-16(28-30-18)13-4-5-17-14(11-13)20(31-29-17)27-21(24)32/h1,3-7,10-11H,2,8-9,12H2,(H,26,30)(H4,24,27,29,31,32). The molecule has 32 heavy (non-hydrogen) atoms. The van der Waals surface area contributed by atoms with E-state index in [1.165, 1.54) is 6.07 Å². The number of nitrogens with one attached hydrogen (secondary N) is 3. The number of benzene rings is 1. The molecule has 0 unspecified atom stereocenters. The molecule has 1 aromatic carbocycles. The van der Waals surface area contributed by atoms with E-state index < -0.39 is 6.03 Å². The van der Waals surface area contributed by atoms with Gasteiger partial charge < -0.3 is 11.1 Å². The number of aromatic amines is 1. The number of hydrogen-bond acceptors (Lipinski definition) is 6. The van der Waals surface area contributed by atoms with Crippen LogP contribution in [0.5, 0.6) is 0 Å². The van der Waals surface area contributed by atoms with Crippen LogP contribution in [0.4, 0.5) is 20.8 Å². The van der Waals surface area contributed by atoms with Crippen molar-refractivity contribution in [1.29, 1.82) is 0 Å². The topological polar surface area (TPSA) is 134 Å². The highest BCUT2D eigenvalue weighted by Gasteiger charge is 2.41. The third-order valence-corrected chi connectivity index (χ3v) is 5.94. The zero-order chi connectivity index (χ0) is 22.1. The van der Waals surface area contributed by atoms with E-state index in [-0.39, 0.29) is 11.2 Å². The summed E-state index contributed by atoms with van der Waals surface area (Å²) in [6.07, 6.45) is 4.44. The Morgan fingerprint density at radius 2 is 2.06 bits per heavy atom. The van der Waals surface area contributed by atoms with Gasteiger partial charge in [-0.1, -0.05) is 12.5 Å². The van der Waals surface area contributed by atoms with Crippen LogP contribution >= 0.6 is 0 Å². The summed E-state index contributed by atoms with van der Waals surface area (Å²) in [7, 11) is 0. The van der Waals surface area contributed by atoms with Gasteiger partial charge in [0.15, 0.2) is 5.82 Å². The normalized spacial score (nSPS) is 14.7. The molecule has 3 aromatic heterocycles. The smallest absolute Gasteiger partial charge is 0.317 e. The maximum absolute atomic E-state index is 14.3. The Labute approximate surface area is 182 Å². The maximum atomic E-state index is 14.3. The second kappa shape index (κ2) is 7.88. The Morgan fingerprint density at radius 3 is 2.75 bits per heavy atom. The molecular weight excluding hydrogens is 411 g/mol. The monoisotopic (exact) mass is 432 g/mol. The van der Waals surface area contributed by atoms with Gasteiger partial charge in [0.05, 0.1) is 16.9 Å². The van der Waals surface area contributed by atoms with Crippen LogP contribution in [0.3, 0.4) is 0 Å². The summed E-state index contributed by atoms with van der Waals surface area (Å²) < 4.78 is 14.3. The van der Waals surface area contributed by atoms with Crippen molar-refractivity contribution in [2.75, 3.05) is 17.2 Å². The molecule has 0 atom stereocenters. The average molecular weight is 432 g/mol. The fourth-order valence-electron chi connectivity index (χ4n) is 4.10. The Hall–Kier alpha value is -4.08. The third-order valence-electron chi connectivity index (χ3n) is 5.94. The molecule has 10 heteroatoms. The van der Waals surface area contributed by atoms with E-state index in [2.05, 4.69) is 36.0 Å². The number of amides is 2. The average Bonchev–Trinajstić information content (AvgIpc) is 3.16. The summed E-state index contributed by atoms with van der Waals surface area (Å²) in [5.41, 5.74) is 7.64. The van der Waals surface area contributed by atoms with Gasteiger partial charge in [0, 0.05) is 29.1 Å². The van der Waals surface area contributed by atoms with E-state index in [1.54, 1.807) is 12.3 Å². The van der Waals surface area contributed by atoms with Gasteiger partial charge in [-0.3, -0.25) is 15.4 Å². The van der Waals surface area contributed by atoms with Crippen molar-refractivity contribution >= 4 is 28.6 Å². The van der Waals surface area contributed by atoms with E-state index >= 15 is 0 Å². The van der Waals surface area contributed by atoms with Gasteiger partial charge in [-0.25, -0.2) is 9.18 Å². The number of nitrogens with zero attached hydrogens (tertiary/aromatic N) is 4. The Kier molecular flexibility index (Phi) is 4.89. The molecule has 5 rings (SSSR count). The fraction of sp³-hybridized carbons (Fsp3) is 0.227. The summed E-state index contributed by atoms with van der Waals surface area (Å²) in [6.45, 7) is 0.540. The summed E-state index contributed by atoms with van der Waals surface area (Å²) in [5.74, 6) is 0.695. The van der Waals surface area contributed by atoms with Crippen molar-refractivity contribution in [2.24, 2.45) is 5.73 Å². The van der Waals surface area contributed by atoms with Crippen LogP contribution in [0.15, 0.2) is 48.7 Å². The molecule has 162 valence electrons. The van der Waals surface area contributed by atoms with Gasteiger partial charge >= 0.3 is 6.03 Å². The van der Waals surface area contributed by atoms with Crippen LogP contribution < -0.4 is 16.4 Å². The predicted octanol–water partition coefficient (Wildman–Crippen LogP) is 3.58. The molecule has 0 aliphatic heterocycles. The molecule has 1 aliphatic carbocycles. The maximum Gasteiger partial charge on any atom is 0.317 e. The van der Waals surface area contributed by atoms with Gasteiger partial charge in [-0.15, -0.1) is 10.2 Å². The zero-order valence-corrected chi connectivity index (χ0v) is 17.1. The summed E-state index contributed by atoms with van der Waals surface area (Å²) >= 11 is 0. The Balaban J connectivity index is 1.33. The molecule has 5 N–H and O–H groups in total. The van der Waals surface area contributed by atoms with Crippen molar-refractivity contribution < 1.29 is 9.18 Å². The molecule has 3 heterocycles. The van der Waals surface area contributed by atoms with Crippen LogP contribution in [0.2, 0.25) is 0 Å². The number of pyridine rings is 1. The first-order valence-electron chi connectivity index (χ1n) is 10.3. The Morgan fingerprint density at radius 1 is 1.19 bits per heavy atom. The lowest BCUT2D eigenvalue weighted by molar-refractivity contribution is 0.243. The minimum atomic E-state index is -0.686. The molecule has 0 bridgehead atoms. The van der Waals surface area contributed by atoms with Crippen molar-refractivity contribution in [2.45, 2.75) is 24.7 Å². The van der Waals surface area contributed by atoms with Gasteiger partial charge in [-0.05, 0) is 49.2 Å². The number of primary amides is 1. The second-order valence-electron chi connectivity index (χ2n) is 7.95. The molecule has 1 aliphatic rings. The van der Waals surface area contributed by atoms with E-state index in [9.17, 15) is 9.18 Å². The Bertz CT molecular complexity index is 1280. The molecule has 1 fully saturated rings. The number of hydrogen-bond donors (Lipinski definition) is 4. The summed E-state index contributed by atoms with van der Waals surface area (Å²) in [5, 5.41) is 22.0. The summed E-state index contributed by atoms with van der Waals surface area (Å²) in [6, 6.07) is 11.7. The van der Waals surface area contributed by atoms with Crippen LogP contribution in [0.1, 0.15) is 25.0 Å². The number of halogens is 1. The molecule has 9 nitrogen and oxygen atoms in total. The largest absolute Gasteiger partial charge is 0.368 e. The SMILES string of the molecule is NC(=O)Nc1n[nH]c2ccc(-c3ccc(NCC4(c5ncccc5F)CCC4)nn3)cc12. The number of urea groups is 1. The lowest BCUT2D eigenvalue weighted by Crippen LogP contribution is -2.42. The third kappa shape index (κ3) is 3.59. The first kappa shape index (κ1) is 19.9. The number of carbonyl (C=O) groups excluding carboxylic acids is 1. The second-order valence-corrected chi connectivity index (χ2v) is 7.95. The summed E-state index contributed by atoms with van der Waals surface area (Å²) in [4.78, 5) is 15.5. The van der Waals surface area contributed by atoms with E-state index in [1.807, 2.05) is 30.3 Å². The number of aromatic nitrogens is 5. The number of H-pyrrole nitrogens is 1. The highest BCUT2D eigenvalue weighted by molar-refractivity contribution is 5.99. The van der Waals surface area contributed by atoms with Crippen LogP contribution in [-0.4, -0.2) is 38.0 Å². The van der Waals surface area contributed by atoms with E-state index in [4.69, 9.17) is 5.73 Å². The van der Waals surface area contributed by atoms with Crippen molar-refractivity contribution in [3.05, 3.63) is 60.2 Å². The first-order chi connectivity index (χ1) is 15.5. The van der Waals surface area contributed by atoms with Gasteiger partial charge in [0.25, 0.3) is 0 Å². The van der Waals surface area contributed by atoms with Gasteiger partial charge in [-0.2, -0.15) is 5.10 Å². The van der Waals surface area contributed by atoms with Gasteiger partial charge in [0.2, 0.25) is 0 Å². The molecule has 1 saturated carbocycles. The number of fused-ring (bicyclic) bond motifs is 1. The number of anilines is 2. The first-order valence-corrected chi connectivity index (χ1v) is 10.3. The molecule has 2 amide bonds. The van der Waals surface area contributed by atoms with Crippen LogP contribution in [-0.2, 0) is 5.41 Å². The lowest BCUT2D eigenvalue weighted by atomic mass is 9.66. The van der Waals surface area contributed by atoms with E-state index in [0.29, 0.717) is 29.6 Å². The molecular formula is C22H21FN8O. The zero-order valence-electron chi connectivity index (χ0n) is 17.1. The lowest BCUT2D eigenvalue weighted by Gasteiger charge is -2.41. The molecule has 0 spiro atoms. The quantitative estimate of drug-likeness (QED) is 0.368. The minimum Gasteiger partial charge on any atom is -0.368 e. The van der Waals surface area contributed by atoms with E-state index in [0.717, 1.165) is 35.7 Å². The number of carbonyl (C=O) groups is 1. The minimum absolute atomic E-state index is 0.268. The van der Waals surface area contributed by atoms with Gasteiger partial charge in [0.1, 0.15) is 11.6 Å². The molecule has 4 aromatic rings. The van der Waals surface area contributed by atoms with Crippen molar-refractivity contribution in [1.82, 2.24) is 25.4 Å². The number of nitrogens with two attached hydrogens (primary N) is 1. The van der Waals surface area contributed by atoms with Crippen molar-refractivity contribution in [3.63, 3.8) is 0 Å². The number of rotatable bonds is 6.